The SMILES string of the molecule is O=C(CNc1ccccc1)NCCn1cccc1. The molecule has 4 nitrogen and oxygen atoms in total. The van der Waals surface area contributed by atoms with E-state index in [9.17, 15) is 4.79 Å². The lowest BCUT2D eigenvalue weighted by Crippen LogP contribution is -2.32. The van der Waals surface area contributed by atoms with Gasteiger partial charge in [-0.2, -0.15) is 0 Å². The third kappa shape index (κ3) is 3.97. The lowest BCUT2D eigenvalue weighted by Gasteiger charge is -2.08. The average Bonchev–Trinajstić information content (AvgIpc) is 2.91. The predicted octanol–water partition coefficient (Wildman–Crippen LogP) is 1.72. The third-order valence-electron chi connectivity index (χ3n) is 2.59. The lowest BCUT2D eigenvalue weighted by molar-refractivity contribution is -0.119. The zero-order valence-electron chi connectivity index (χ0n) is 10.2. The Morgan fingerprint density at radius 3 is 2.50 bits per heavy atom. The highest BCUT2D eigenvalue weighted by Crippen LogP contribution is 2.03. The molecule has 0 fully saturated rings. The van der Waals surface area contributed by atoms with E-state index in [0.717, 1.165) is 12.2 Å². The van der Waals surface area contributed by atoms with Crippen LogP contribution in [0.25, 0.3) is 0 Å². The van der Waals surface area contributed by atoms with Crippen molar-refractivity contribution >= 4 is 11.6 Å². The first-order valence-corrected chi connectivity index (χ1v) is 6.01. The topological polar surface area (TPSA) is 46.1 Å². The predicted molar refractivity (Wildman–Crippen MR) is 72.4 cm³/mol. The number of benzene rings is 1. The molecular weight excluding hydrogens is 226 g/mol. The van der Waals surface area contributed by atoms with E-state index >= 15 is 0 Å². The van der Waals surface area contributed by atoms with Gasteiger partial charge in [0, 0.05) is 31.2 Å². The summed E-state index contributed by atoms with van der Waals surface area (Å²) in [6.45, 7) is 1.74. The van der Waals surface area contributed by atoms with Crippen molar-refractivity contribution in [3.63, 3.8) is 0 Å². The van der Waals surface area contributed by atoms with Crippen molar-refractivity contribution in [1.82, 2.24) is 9.88 Å². The Hall–Kier alpha value is -2.23. The number of carbonyl (C=O) groups is 1. The van der Waals surface area contributed by atoms with E-state index in [1.165, 1.54) is 0 Å². The van der Waals surface area contributed by atoms with Crippen molar-refractivity contribution in [2.24, 2.45) is 0 Å². The van der Waals surface area contributed by atoms with Gasteiger partial charge >= 0.3 is 0 Å². The Morgan fingerprint density at radius 1 is 1.06 bits per heavy atom. The summed E-state index contributed by atoms with van der Waals surface area (Å²) in [5, 5.41) is 5.94. The number of amides is 1. The summed E-state index contributed by atoms with van der Waals surface area (Å²) in [5.41, 5.74) is 0.957. The smallest absolute Gasteiger partial charge is 0.239 e. The molecule has 2 N–H and O–H groups in total. The summed E-state index contributed by atoms with van der Waals surface area (Å²) in [4.78, 5) is 11.6. The number of nitrogens with one attached hydrogen (secondary N) is 2. The van der Waals surface area contributed by atoms with Gasteiger partial charge in [-0.3, -0.25) is 4.79 Å². The molecule has 18 heavy (non-hydrogen) atoms. The molecule has 0 saturated heterocycles. The number of anilines is 1. The highest BCUT2D eigenvalue weighted by molar-refractivity contribution is 5.80. The largest absolute Gasteiger partial charge is 0.376 e. The van der Waals surface area contributed by atoms with Crippen LogP contribution in [-0.2, 0) is 11.3 Å². The van der Waals surface area contributed by atoms with Crippen LogP contribution < -0.4 is 10.6 Å². The molecule has 2 aromatic rings. The van der Waals surface area contributed by atoms with Gasteiger partial charge in [-0.1, -0.05) is 18.2 Å². The Balaban J connectivity index is 1.63. The van der Waals surface area contributed by atoms with E-state index in [1.54, 1.807) is 0 Å². The first-order chi connectivity index (χ1) is 8.84. The Labute approximate surface area is 107 Å². The van der Waals surface area contributed by atoms with Crippen LogP contribution in [0.15, 0.2) is 54.9 Å². The molecule has 0 aliphatic rings. The normalized spacial score (nSPS) is 10.0. The summed E-state index contributed by atoms with van der Waals surface area (Å²) < 4.78 is 2.03. The Kier molecular flexibility index (Phi) is 4.41. The zero-order valence-corrected chi connectivity index (χ0v) is 10.2. The molecule has 1 heterocycles. The number of rotatable bonds is 6. The monoisotopic (exact) mass is 243 g/mol. The standard InChI is InChI=1S/C14H17N3O/c18-14(12-16-13-6-2-1-3-7-13)15-8-11-17-9-4-5-10-17/h1-7,9-10,16H,8,11-12H2,(H,15,18). The molecule has 1 amide bonds. The van der Waals surface area contributed by atoms with Crippen LogP contribution >= 0.6 is 0 Å². The molecule has 94 valence electrons. The van der Waals surface area contributed by atoms with Gasteiger partial charge in [0.15, 0.2) is 0 Å². The van der Waals surface area contributed by atoms with Crippen molar-refractivity contribution in [3.8, 4) is 0 Å². The van der Waals surface area contributed by atoms with Gasteiger partial charge in [-0.25, -0.2) is 0 Å². The summed E-state index contributed by atoms with van der Waals surface area (Å²) >= 11 is 0. The molecular formula is C14H17N3O. The molecule has 0 bridgehead atoms. The van der Waals surface area contributed by atoms with E-state index in [4.69, 9.17) is 0 Å². The molecule has 0 saturated carbocycles. The molecule has 0 aliphatic carbocycles. The second-order valence-corrected chi connectivity index (χ2v) is 3.99. The van der Waals surface area contributed by atoms with Gasteiger partial charge < -0.3 is 15.2 Å². The van der Waals surface area contributed by atoms with E-state index in [2.05, 4.69) is 10.6 Å². The van der Waals surface area contributed by atoms with Gasteiger partial charge in [-0.05, 0) is 24.3 Å². The first-order valence-electron chi connectivity index (χ1n) is 6.01. The van der Waals surface area contributed by atoms with Gasteiger partial charge in [0.05, 0.1) is 6.54 Å². The maximum atomic E-state index is 11.6. The maximum absolute atomic E-state index is 11.6. The summed E-state index contributed by atoms with van der Waals surface area (Å²) in [6.07, 6.45) is 3.96. The van der Waals surface area contributed by atoms with Crippen molar-refractivity contribution in [3.05, 3.63) is 54.9 Å². The summed E-state index contributed by atoms with van der Waals surface area (Å²) in [5.74, 6) is 0.00556. The highest BCUT2D eigenvalue weighted by atomic mass is 16.1. The minimum atomic E-state index is 0.00556. The van der Waals surface area contributed by atoms with Crippen molar-refractivity contribution in [1.29, 1.82) is 0 Å². The number of hydrogen-bond donors (Lipinski definition) is 2. The van der Waals surface area contributed by atoms with Gasteiger partial charge in [0.2, 0.25) is 5.91 Å². The second-order valence-electron chi connectivity index (χ2n) is 3.99. The summed E-state index contributed by atoms with van der Waals surface area (Å²) in [7, 11) is 0. The number of nitrogens with zero attached hydrogens (tertiary/aromatic N) is 1. The molecule has 0 radical (unpaired) electrons. The lowest BCUT2D eigenvalue weighted by atomic mass is 10.3. The minimum absolute atomic E-state index is 0.00556. The summed E-state index contributed by atoms with van der Waals surface area (Å²) in [6, 6.07) is 13.6. The number of aromatic nitrogens is 1. The average molecular weight is 243 g/mol. The minimum Gasteiger partial charge on any atom is -0.376 e. The molecule has 0 unspecified atom stereocenters. The maximum Gasteiger partial charge on any atom is 0.239 e. The van der Waals surface area contributed by atoms with Crippen molar-refractivity contribution in [2.45, 2.75) is 6.54 Å². The van der Waals surface area contributed by atoms with Crippen LogP contribution in [0.1, 0.15) is 0 Å². The van der Waals surface area contributed by atoms with Gasteiger partial charge in [0.25, 0.3) is 0 Å². The second kappa shape index (κ2) is 6.49. The number of para-hydroxylation sites is 1. The fourth-order valence-corrected chi connectivity index (χ4v) is 1.64. The van der Waals surface area contributed by atoms with Crippen LogP contribution in [0.4, 0.5) is 5.69 Å². The van der Waals surface area contributed by atoms with E-state index in [1.807, 2.05) is 59.4 Å². The molecule has 0 atom stereocenters. The van der Waals surface area contributed by atoms with E-state index in [-0.39, 0.29) is 5.91 Å². The number of carbonyl (C=O) groups excluding carboxylic acids is 1. The van der Waals surface area contributed by atoms with Crippen molar-refractivity contribution in [2.75, 3.05) is 18.4 Å². The number of hydrogen-bond acceptors (Lipinski definition) is 2. The molecule has 2 rings (SSSR count). The van der Waals surface area contributed by atoms with Crippen LogP contribution in [-0.4, -0.2) is 23.6 Å². The quantitative estimate of drug-likeness (QED) is 0.811. The fraction of sp³-hybridized carbons (Fsp3) is 0.214. The molecule has 4 heteroatoms. The van der Waals surface area contributed by atoms with Crippen LogP contribution in [0.5, 0.6) is 0 Å². The Morgan fingerprint density at radius 2 is 1.78 bits per heavy atom. The van der Waals surface area contributed by atoms with Crippen LogP contribution in [0, 0.1) is 0 Å². The van der Waals surface area contributed by atoms with Crippen LogP contribution in [0.3, 0.4) is 0 Å². The van der Waals surface area contributed by atoms with Gasteiger partial charge in [-0.15, -0.1) is 0 Å². The van der Waals surface area contributed by atoms with E-state index in [0.29, 0.717) is 13.1 Å². The van der Waals surface area contributed by atoms with Crippen LogP contribution in [0.2, 0.25) is 0 Å². The molecule has 0 spiro atoms. The van der Waals surface area contributed by atoms with Crippen molar-refractivity contribution < 1.29 is 4.79 Å². The molecule has 0 aliphatic heterocycles. The van der Waals surface area contributed by atoms with E-state index < -0.39 is 0 Å². The molecule has 1 aromatic heterocycles. The van der Waals surface area contributed by atoms with Gasteiger partial charge in [0.1, 0.15) is 0 Å². The zero-order chi connectivity index (χ0) is 12.6. The fourth-order valence-electron chi connectivity index (χ4n) is 1.64. The highest BCUT2D eigenvalue weighted by Gasteiger charge is 1.99. The third-order valence-corrected chi connectivity index (χ3v) is 2.59. The molecule has 1 aromatic carbocycles. The Bertz CT molecular complexity index is 465. The first kappa shape index (κ1) is 12.2.